The molecule has 0 aromatic heterocycles. The van der Waals surface area contributed by atoms with Gasteiger partial charge in [0.05, 0.1) is 12.7 Å². The lowest BCUT2D eigenvalue weighted by molar-refractivity contribution is -0.141. The molecule has 0 spiro atoms. The molecule has 0 heterocycles. The van der Waals surface area contributed by atoms with Gasteiger partial charge >= 0.3 is 5.97 Å². The van der Waals surface area contributed by atoms with Crippen molar-refractivity contribution in [3.63, 3.8) is 0 Å². The zero-order valence-electron chi connectivity index (χ0n) is 21.1. The summed E-state index contributed by atoms with van der Waals surface area (Å²) in [5.41, 5.74) is 0.371. The van der Waals surface area contributed by atoms with E-state index in [0.717, 1.165) is 13.0 Å². The Kier molecular flexibility index (Phi) is 18.7. The molecule has 180 valence electrons. The van der Waals surface area contributed by atoms with E-state index in [2.05, 4.69) is 27.7 Å². The Morgan fingerprint density at radius 2 is 1.43 bits per heavy atom. The molecule has 1 unspecified atom stereocenters. The van der Waals surface area contributed by atoms with Crippen molar-refractivity contribution in [3.8, 4) is 0 Å². The Balaban J connectivity index is 0.000000584. The van der Waals surface area contributed by atoms with Gasteiger partial charge in [0, 0.05) is 13.5 Å². The van der Waals surface area contributed by atoms with Gasteiger partial charge < -0.3 is 14.2 Å². The Labute approximate surface area is 187 Å². The first-order valence-corrected chi connectivity index (χ1v) is 12.6. The SMILES string of the molecule is CC(=O)OCCC(C)CC(C)(C)C.CCOCOC1CCCCCCCCCCC1. The molecular weight excluding hydrogens is 376 g/mol. The van der Waals surface area contributed by atoms with Crippen molar-refractivity contribution in [3.05, 3.63) is 0 Å². The molecular formula is C26H52O4. The van der Waals surface area contributed by atoms with E-state index in [1.165, 1.54) is 84.0 Å². The number of esters is 1. The zero-order valence-corrected chi connectivity index (χ0v) is 21.1. The monoisotopic (exact) mass is 428 g/mol. The van der Waals surface area contributed by atoms with Crippen molar-refractivity contribution in [1.82, 2.24) is 0 Å². The lowest BCUT2D eigenvalue weighted by Gasteiger charge is -2.22. The van der Waals surface area contributed by atoms with Gasteiger partial charge in [-0.3, -0.25) is 4.79 Å². The van der Waals surface area contributed by atoms with Crippen LogP contribution in [0.15, 0.2) is 0 Å². The normalized spacial score (nSPS) is 18.3. The van der Waals surface area contributed by atoms with Crippen LogP contribution in [0.1, 0.15) is 125 Å². The first-order chi connectivity index (χ1) is 14.2. The summed E-state index contributed by atoms with van der Waals surface area (Å²) in [6, 6.07) is 0. The number of hydrogen-bond acceptors (Lipinski definition) is 4. The molecule has 0 radical (unpaired) electrons. The summed E-state index contributed by atoms with van der Waals surface area (Å²) in [4.78, 5) is 10.5. The number of hydrogen-bond donors (Lipinski definition) is 0. The van der Waals surface area contributed by atoms with E-state index >= 15 is 0 Å². The smallest absolute Gasteiger partial charge is 0.302 e. The molecule has 1 fully saturated rings. The maximum Gasteiger partial charge on any atom is 0.302 e. The number of carbonyl (C=O) groups is 1. The van der Waals surface area contributed by atoms with E-state index in [1.54, 1.807) is 0 Å². The fraction of sp³-hybridized carbons (Fsp3) is 0.962. The third kappa shape index (κ3) is 22.1. The minimum Gasteiger partial charge on any atom is -0.466 e. The molecule has 0 aromatic rings. The third-order valence-electron chi connectivity index (χ3n) is 5.52. The average Bonchev–Trinajstić information content (AvgIpc) is 2.62. The zero-order chi connectivity index (χ0) is 22.7. The molecule has 1 aliphatic rings. The number of rotatable bonds is 8. The predicted molar refractivity (Wildman–Crippen MR) is 127 cm³/mol. The average molecular weight is 429 g/mol. The quantitative estimate of drug-likeness (QED) is 0.226. The van der Waals surface area contributed by atoms with Crippen molar-refractivity contribution < 1.29 is 19.0 Å². The van der Waals surface area contributed by atoms with Crippen molar-refractivity contribution >= 4 is 5.97 Å². The van der Waals surface area contributed by atoms with Crippen LogP contribution in [0.2, 0.25) is 0 Å². The molecule has 0 N–H and O–H groups in total. The fourth-order valence-electron chi connectivity index (χ4n) is 4.07. The topological polar surface area (TPSA) is 44.8 Å². The second kappa shape index (κ2) is 19.1. The minimum absolute atomic E-state index is 0.178. The van der Waals surface area contributed by atoms with Crippen molar-refractivity contribution in [2.45, 2.75) is 131 Å². The first kappa shape index (κ1) is 29.4. The molecule has 1 aliphatic carbocycles. The Hall–Kier alpha value is -0.610. The largest absolute Gasteiger partial charge is 0.466 e. The Morgan fingerprint density at radius 1 is 0.933 bits per heavy atom. The lowest BCUT2D eigenvalue weighted by atomic mass is 9.84. The second-order valence-corrected chi connectivity index (χ2v) is 10.2. The van der Waals surface area contributed by atoms with Crippen molar-refractivity contribution in [2.75, 3.05) is 20.0 Å². The van der Waals surface area contributed by atoms with Crippen molar-refractivity contribution in [2.24, 2.45) is 11.3 Å². The highest BCUT2D eigenvalue weighted by molar-refractivity contribution is 5.65. The van der Waals surface area contributed by atoms with Gasteiger partial charge in [0.15, 0.2) is 0 Å². The molecule has 0 aliphatic heterocycles. The lowest BCUT2D eigenvalue weighted by Crippen LogP contribution is -2.15. The summed E-state index contributed by atoms with van der Waals surface area (Å²) in [6.07, 6.45) is 17.6. The van der Waals surface area contributed by atoms with Crippen LogP contribution in [-0.2, 0) is 19.0 Å². The molecule has 30 heavy (non-hydrogen) atoms. The van der Waals surface area contributed by atoms with Crippen LogP contribution in [0.5, 0.6) is 0 Å². The molecule has 1 saturated carbocycles. The highest BCUT2D eigenvalue weighted by atomic mass is 16.7. The van der Waals surface area contributed by atoms with Crippen LogP contribution >= 0.6 is 0 Å². The van der Waals surface area contributed by atoms with E-state index in [-0.39, 0.29) is 5.97 Å². The van der Waals surface area contributed by atoms with Crippen LogP contribution in [0.3, 0.4) is 0 Å². The summed E-state index contributed by atoms with van der Waals surface area (Å²) in [7, 11) is 0. The molecule has 4 nitrogen and oxygen atoms in total. The molecule has 1 rings (SSSR count). The molecule has 0 saturated heterocycles. The fourth-order valence-corrected chi connectivity index (χ4v) is 4.07. The Bertz CT molecular complexity index is 377. The standard InChI is InChI=1S/C15H30O2.C11H22O2/c1-2-16-14-17-15-12-10-8-6-4-3-5-7-9-11-13-15;1-9(8-11(3,4)5)6-7-13-10(2)12/h15H,2-14H2,1H3;9H,6-8H2,1-5H3. The maximum atomic E-state index is 10.5. The van der Waals surface area contributed by atoms with Crippen LogP contribution in [0, 0.1) is 11.3 Å². The van der Waals surface area contributed by atoms with Gasteiger partial charge in [-0.1, -0.05) is 85.5 Å². The Morgan fingerprint density at radius 3 is 1.87 bits per heavy atom. The number of ether oxygens (including phenoxy) is 3. The van der Waals surface area contributed by atoms with Crippen LogP contribution in [0.4, 0.5) is 0 Å². The molecule has 4 heteroatoms. The van der Waals surface area contributed by atoms with Gasteiger partial charge in [-0.2, -0.15) is 0 Å². The minimum atomic E-state index is -0.178. The molecule has 0 bridgehead atoms. The van der Waals surface area contributed by atoms with Crippen LogP contribution in [0.25, 0.3) is 0 Å². The summed E-state index contributed by atoms with van der Waals surface area (Å²) in [5, 5.41) is 0. The predicted octanol–water partition coefficient (Wildman–Crippen LogP) is 7.68. The highest BCUT2D eigenvalue weighted by Crippen LogP contribution is 2.25. The molecule has 0 aromatic carbocycles. The summed E-state index contributed by atoms with van der Waals surface area (Å²) < 4.78 is 16.0. The van der Waals surface area contributed by atoms with E-state index in [1.807, 2.05) is 6.92 Å². The molecule has 1 atom stereocenters. The van der Waals surface area contributed by atoms with Gasteiger partial charge in [-0.15, -0.1) is 0 Å². The summed E-state index contributed by atoms with van der Waals surface area (Å²) in [5.74, 6) is 0.447. The van der Waals surface area contributed by atoms with Gasteiger partial charge in [0.1, 0.15) is 6.79 Å². The van der Waals surface area contributed by atoms with E-state index in [9.17, 15) is 4.79 Å². The van der Waals surface area contributed by atoms with E-state index < -0.39 is 0 Å². The van der Waals surface area contributed by atoms with E-state index in [0.29, 0.717) is 30.8 Å². The van der Waals surface area contributed by atoms with Gasteiger partial charge in [-0.05, 0) is 43.9 Å². The number of carbonyl (C=O) groups excluding carboxylic acids is 1. The van der Waals surface area contributed by atoms with Crippen LogP contribution < -0.4 is 0 Å². The summed E-state index contributed by atoms with van der Waals surface area (Å²) in [6.45, 7) is 14.2. The van der Waals surface area contributed by atoms with Gasteiger partial charge in [0.2, 0.25) is 0 Å². The summed E-state index contributed by atoms with van der Waals surface area (Å²) >= 11 is 0. The first-order valence-electron chi connectivity index (χ1n) is 12.6. The molecule has 0 amide bonds. The van der Waals surface area contributed by atoms with Crippen molar-refractivity contribution in [1.29, 1.82) is 0 Å². The van der Waals surface area contributed by atoms with E-state index in [4.69, 9.17) is 14.2 Å². The third-order valence-corrected chi connectivity index (χ3v) is 5.52. The van der Waals surface area contributed by atoms with Crippen LogP contribution in [-0.4, -0.2) is 32.1 Å². The van der Waals surface area contributed by atoms with Gasteiger partial charge in [0.25, 0.3) is 0 Å². The highest BCUT2D eigenvalue weighted by Gasteiger charge is 2.15. The second-order valence-electron chi connectivity index (χ2n) is 10.2. The maximum absolute atomic E-state index is 10.5. The van der Waals surface area contributed by atoms with Gasteiger partial charge in [-0.25, -0.2) is 0 Å².